The number of aromatic nitrogens is 1. The first kappa shape index (κ1) is 24.6. The molecule has 0 spiro atoms. The average Bonchev–Trinajstić information content (AvgIpc) is 3.20. The molecule has 186 valence electrons. The fraction of sp³-hybridized carbons (Fsp3) is 0.321. The second kappa shape index (κ2) is 10.9. The second-order valence-corrected chi connectivity index (χ2v) is 10.8. The van der Waals surface area contributed by atoms with Crippen LogP contribution < -0.4 is 4.74 Å². The highest BCUT2D eigenvalue weighted by Crippen LogP contribution is 2.35. The molecule has 3 aromatic rings. The zero-order valence-electron chi connectivity index (χ0n) is 20.3. The maximum Gasteiger partial charge on any atom is 0.266 e. The molecule has 6 nitrogen and oxygen atoms in total. The molecule has 0 bridgehead atoms. The fourth-order valence-electron chi connectivity index (χ4n) is 4.78. The van der Waals surface area contributed by atoms with Crippen LogP contribution in [0.3, 0.4) is 0 Å². The monoisotopic (exact) mass is 519 g/mol. The van der Waals surface area contributed by atoms with Crippen molar-refractivity contribution in [1.29, 1.82) is 0 Å². The van der Waals surface area contributed by atoms with Crippen LogP contribution in [-0.4, -0.2) is 50.7 Å². The van der Waals surface area contributed by atoms with E-state index in [2.05, 4.69) is 0 Å². The Morgan fingerprint density at radius 3 is 2.50 bits per heavy atom. The summed E-state index contributed by atoms with van der Waals surface area (Å²) < 4.78 is 7.77. The van der Waals surface area contributed by atoms with Crippen LogP contribution in [0.4, 0.5) is 0 Å². The van der Waals surface area contributed by atoms with Crippen molar-refractivity contribution in [3.8, 4) is 5.75 Å². The van der Waals surface area contributed by atoms with Gasteiger partial charge >= 0.3 is 0 Å². The van der Waals surface area contributed by atoms with Crippen molar-refractivity contribution in [2.45, 2.75) is 38.8 Å². The van der Waals surface area contributed by atoms with Gasteiger partial charge in [-0.15, -0.1) is 0 Å². The van der Waals surface area contributed by atoms with Gasteiger partial charge in [0, 0.05) is 35.8 Å². The molecule has 0 unspecified atom stereocenters. The summed E-state index contributed by atoms with van der Waals surface area (Å²) in [6.45, 7) is 2.38. The molecule has 5 rings (SSSR count). The highest BCUT2D eigenvalue weighted by molar-refractivity contribution is 8.26. The molecule has 2 saturated heterocycles. The number of carbonyl (C=O) groups excluding carboxylic acids is 2. The Balaban J connectivity index is 1.38. The molecule has 1 aromatic heterocycles. The minimum absolute atomic E-state index is 0.0988. The van der Waals surface area contributed by atoms with Crippen LogP contribution in [0.5, 0.6) is 5.75 Å². The number of nitrogens with zero attached hydrogens (tertiary/aromatic N) is 3. The summed E-state index contributed by atoms with van der Waals surface area (Å²) in [5.41, 5.74) is 2.89. The van der Waals surface area contributed by atoms with Crippen LogP contribution in [0.25, 0.3) is 17.0 Å². The first-order valence-electron chi connectivity index (χ1n) is 12.3. The molecule has 2 aliphatic heterocycles. The van der Waals surface area contributed by atoms with E-state index in [1.54, 1.807) is 12.0 Å². The number of rotatable bonds is 6. The lowest BCUT2D eigenvalue weighted by molar-refractivity contribution is -0.131. The topological polar surface area (TPSA) is 54.8 Å². The van der Waals surface area contributed by atoms with Crippen molar-refractivity contribution in [1.82, 2.24) is 14.4 Å². The maximum atomic E-state index is 13.3. The largest absolute Gasteiger partial charge is 0.497 e. The van der Waals surface area contributed by atoms with Gasteiger partial charge in [0.25, 0.3) is 5.91 Å². The van der Waals surface area contributed by atoms with E-state index >= 15 is 0 Å². The highest BCUT2D eigenvalue weighted by atomic mass is 32.2. The molecule has 2 fully saturated rings. The number of methoxy groups -OCH3 is 1. The predicted molar refractivity (Wildman–Crippen MR) is 149 cm³/mol. The number of ether oxygens (including phenoxy) is 1. The number of para-hydroxylation sites is 1. The Labute approximate surface area is 220 Å². The van der Waals surface area contributed by atoms with E-state index in [1.165, 1.54) is 24.6 Å². The zero-order valence-corrected chi connectivity index (χ0v) is 21.9. The number of hydrogen-bond acceptors (Lipinski definition) is 5. The summed E-state index contributed by atoms with van der Waals surface area (Å²) in [4.78, 5) is 30.6. The third-order valence-electron chi connectivity index (χ3n) is 6.74. The molecule has 2 amide bonds. The van der Waals surface area contributed by atoms with E-state index in [9.17, 15) is 9.59 Å². The molecule has 8 heteroatoms. The van der Waals surface area contributed by atoms with Crippen LogP contribution >= 0.6 is 24.0 Å². The Morgan fingerprint density at radius 1 is 1.06 bits per heavy atom. The number of thioether (sulfide) groups is 1. The molecule has 0 radical (unpaired) electrons. The van der Waals surface area contributed by atoms with Gasteiger partial charge in [-0.05, 0) is 42.7 Å². The Morgan fingerprint density at radius 2 is 1.78 bits per heavy atom. The van der Waals surface area contributed by atoms with E-state index < -0.39 is 0 Å². The minimum atomic E-state index is -0.0988. The number of thiocarbonyl (C=S) groups is 1. The fourth-order valence-corrected chi connectivity index (χ4v) is 6.02. The van der Waals surface area contributed by atoms with Gasteiger partial charge in [0.05, 0.1) is 18.6 Å². The van der Waals surface area contributed by atoms with Crippen LogP contribution in [-0.2, 0) is 22.7 Å². The Hall–Kier alpha value is -3.10. The first-order valence-corrected chi connectivity index (χ1v) is 13.5. The maximum absolute atomic E-state index is 13.3. The number of hydrogen-bond donors (Lipinski definition) is 0. The SMILES string of the molecule is COc1ccc(CN2C(=O)/C(=C/c3cn(CC(=O)N4CCCCCC4)c4ccccc34)SC2=S)cc1. The summed E-state index contributed by atoms with van der Waals surface area (Å²) in [5.74, 6) is 0.822. The van der Waals surface area contributed by atoms with Crippen molar-refractivity contribution in [2.75, 3.05) is 20.2 Å². The Bertz CT molecular complexity index is 1320. The van der Waals surface area contributed by atoms with E-state index in [1.807, 2.05) is 70.3 Å². The standard InChI is InChI=1S/C28H29N3O3S2/c1-34-22-12-10-20(11-13-22)17-31-27(33)25(36-28(31)35)16-21-18-30(24-9-5-4-8-23(21)24)19-26(32)29-14-6-2-3-7-15-29/h4-5,8-13,16,18H,2-3,6-7,14-15,17,19H2,1H3/b25-16-. The van der Waals surface area contributed by atoms with Gasteiger partial charge < -0.3 is 14.2 Å². The Kier molecular flexibility index (Phi) is 7.43. The second-order valence-electron chi connectivity index (χ2n) is 9.14. The molecular weight excluding hydrogens is 490 g/mol. The smallest absolute Gasteiger partial charge is 0.266 e. The summed E-state index contributed by atoms with van der Waals surface area (Å²) in [7, 11) is 1.63. The quantitative estimate of drug-likeness (QED) is 0.320. The molecule has 3 heterocycles. The third-order valence-corrected chi connectivity index (χ3v) is 8.12. The van der Waals surface area contributed by atoms with E-state index in [0.717, 1.165) is 53.7 Å². The van der Waals surface area contributed by atoms with Gasteiger partial charge in [-0.1, -0.05) is 67.2 Å². The molecule has 0 saturated carbocycles. The normalized spacial score (nSPS) is 17.8. The van der Waals surface area contributed by atoms with Crippen LogP contribution in [0.15, 0.2) is 59.6 Å². The van der Waals surface area contributed by atoms with Gasteiger partial charge in [-0.2, -0.15) is 0 Å². The van der Waals surface area contributed by atoms with Crippen LogP contribution in [0.2, 0.25) is 0 Å². The lowest BCUT2D eigenvalue weighted by Gasteiger charge is -2.20. The van der Waals surface area contributed by atoms with Crippen molar-refractivity contribution in [3.05, 3.63) is 70.8 Å². The molecule has 36 heavy (non-hydrogen) atoms. The van der Waals surface area contributed by atoms with Crippen molar-refractivity contribution >= 4 is 57.1 Å². The van der Waals surface area contributed by atoms with Crippen LogP contribution in [0, 0.1) is 0 Å². The van der Waals surface area contributed by atoms with E-state index in [0.29, 0.717) is 22.3 Å². The molecule has 2 aliphatic rings. The summed E-state index contributed by atoms with van der Waals surface area (Å²) in [6.07, 6.45) is 8.41. The van der Waals surface area contributed by atoms with Gasteiger partial charge in [0.2, 0.25) is 5.91 Å². The summed E-state index contributed by atoms with van der Waals surface area (Å²) in [5, 5.41) is 1.02. The van der Waals surface area contributed by atoms with Gasteiger partial charge in [0.1, 0.15) is 16.6 Å². The zero-order chi connectivity index (χ0) is 25.1. The highest BCUT2D eigenvalue weighted by Gasteiger charge is 2.32. The van der Waals surface area contributed by atoms with Gasteiger partial charge in [-0.25, -0.2) is 0 Å². The first-order chi connectivity index (χ1) is 17.5. The number of fused-ring (bicyclic) bond motifs is 1. The molecule has 2 aromatic carbocycles. The number of likely N-dealkylation sites (tertiary alicyclic amines) is 1. The minimum Gasteiger partial charge on any atom is -0.497 e. The van der Waals surface area contributed by atoms with Gasteiger partial charge in [0.15, 0.2) is 0 Å². The van der Waals surface area contributed by atoms with E-state index in [-0.39, 0.29) is 11.8 Å². The average molecular weight is 520 g/mol. The molecule has 0 atom stereocenters. The summed E-state index contributed by atoms with van der Waals surface area (Å²) >= 11 is 6.87. The van der Waals surface area contributed by atoms with Crippen molar-refractivity contribution in [2.24, 2.45) is 0 Å². The molecule has 0 aliphatic carbocycles. The molecule has 0 N–H and O–H groups in total. The number of carbonyl (C=O) groups is 2. The third kappa shape index (κ3) is 5.20. The molecular formula is C28H29N3O3S2. The van der Waals surface area contributed by atoms with E-state index in [4.69, 9.17) is 17.0 Å². The lowest BCUT2D eigenvalue weighted by atomic mass is 10.1. The summed E-state index contributed by atoms with van der Waals surface area (Å²) in [6, 6.07) is 15.7. The van der Waals surface area contributed by atoms with Gasteiger partial charge in [-0.3, -0.25) is 14.5 Å². The van der Waals surface area contributed by atoms with Crippen molar-refractivity contribution in [3.63, 3.8) is 0 Å². The number of benzene rings is 2. The lowest BCUT2D eigenvalue weighted by Crippen LogP contribution is -2.34. The predicted octanol–water partition coefficient (Wildman–Crippen LogP) is 5.45. The number of amides is 2. The van der Waals surface area contributed by atoms with Crippen molar-refractivity contribution < 1.29 is 14.3 Å². The van der Waals surface area contributed by atoms with Crippen LogP contribution in [0.1, 0.15) is 36.8 Å².